The van der Waals surface area contributed by atoms with Crippen LogP contribution < -0.4 is 5.32 Å². The molecular weight excluding hydrogens is 370 g/mol. The fraction of sp³-hybridized carbons (Fsp3) is 0.227. The van der Waals surface area contributed by atoms with Gasteiger partial charge in [0.15, 0.2) is 0 Å². The zero-order chi connectivity index (χ0) is 20.4. The van der Waals surface area contributed by atoms with Gasteiger partial charge >= 0.3 is 12.1 Å². The Morgan fingerprint density at radius 2 is 1.72 bits per heavy atom. The molecule has 0 saturated heterocycles. The highest BCUT2D eigenvalue weighted by Gasteiger charge is 2.29. The highest BCUT2D eigenvalue weighted by molar-refractivity contribution is 5.85. The van der Waals surface area contributed by atoms with Crippen molar-refractivity contribution in [2.45, 2.75) is 18.8 Å². The van der Waals surface area contributed by atoms with Crippen LogP contribution in [0.1, 0.15) is 29.2 Å². The van der Waals surface area contributed by atoms with E-state index < -0.39 is 12.1 Å². The summed E-state index contributed by atoms with van der Waals surface area (Å²) in [5, 5.41) is 15.7. The molecular formula is C22H21N3O4. The number of nitrogens with zero attached hydrogens (tertiary/aromatic N) is 2. The number of anilines is 1. The molecule has 0 bridgehead atoms. The van der Waals surface area contributed by atoms with Crippen LogP contribution in [0.5, 0.6) is 0 Å². The molecule has 0 spiro atoms. The van der Waals surface area contributed by atoms with Crippen LogP contribution in [0.4, 0.5) is 10.5 Å². The highest BCUT2D eigenvalue weighted by atomic mass is 16.5. The second-order valence-corrected chi connectivity index (χ2v) is 6.97. The number of carboxylic acid groups (broad SMARTS) is 1. The number of aromatic nitrogens is 2. The molecule has 4 rings (SSSR count). The van der Waals surface area contributed by atoms with Crippen molar-refractivity contribution < 1.29 is 19.4 Å². The van der Waals surface area contributed by atoms with Crippen LogP contribution in [0.15, 0.2) is 54.7 Å². The fourth-order valence-electron chi connectivity index (χ4n) is 3.83. The van der Waals surface area contributed by atoms with Gasteiger partial charge in [0.05, 0.1) is 24.0 Å². The third-order valence-corrected chi connectivity index (χ3v) is 5.22. The number of nitrogens with one attached hydrogen (secondary N) is 1. The summed E-state index contributed by atoms with van der Waals surface area (Å²) in [6.45, 7) is 0.213. The van der Waals surface area contributed by atoms with Gasteiger partial charge in [-0.05, 0) is 22.3 Å². The Balaban J connectivity index is 1.45. The average molecular weight is 391 g/mol. The van der Waals surface area contributed by atoms with Crippen LogP contribution in [0.25, 0.3) is 11.1 Å². The van der Waals surface area contributed by atoms with Crippen LogP contribution in [0.2, 0.25) is 0 Å². The molecule has 0 radical (unpaired) electrons. The van der Waals surface area contributed by atoms with E-state index in [1.807, 2.05) is 24.3 Å². The molecule has 7 heteroatoms. The number of amides is 1. The molecule has 1 heterocycles. The highest BCUT2D eigenvalue weighted by Crippen LogP contribution is 2.44. The van der Waals surface area contributed by atoms with Crippen molar-refractivity contribution >= 4 is 17.7 Å². The van der Waals surface area contributed by atoms with Gasteiger partial charge in [-0.2, -0.15) is 5.10 Å². The van der Waals surface area contributed by atoms with Crippen LogP contribution in [-0.2, 0) is 23.0 Å². The van der Waals surface area contributed by atoms with E-state index in [4.69, 9.17) is 9.84 Å². The third-order valence-electron chi connectivity index (χ3n) is 5.22. The lowest BCUT2D eigenvalue weighted by atomic mass is 9.98. The standard InChI is InChI=1S/C22H21N3O4/c1-25-20(10-11-21(26)27)19(12-23-25)24-22(28)29-13-18-16-8-4-2-6-14(16)15-7-3-5-9-17(15)18/h2-9,12,18H,10-11,13H2,1H3,(H,24,28)(H,26,27). The number of carbonyl (C=O) groups excluding carboxylic acids is 1. The minimum atomic E-state index is -0.904. The minimum absolute atomic E-state index is 0.0199. The molecule has 1 aliphatic rings. The molecule has 1 aromatic heterocycles. The number of carboxylic acids is 1. The fourth-order valence-corrected chi connectivity index (χ4v) is 3.83. The van der Waals surface area contributed by atoms with Crippen LogP contribution in [-0.4, -0.2) is 33.6 Å². The lowest BCUT2D eigenvalue weighted by Gasteiger charge is -2.14. The predicted octanol–water partition coefficient (Wildman–Crippen LogP) is 3.80. The topological polar surface area (TPSA) is 93.5 Å². The monoisotopic (exact) mass is 391 g/mol. The molecule has 0 saturated carbocycles. The second kappa shape index (κ2) is 7.79. The van der Waals surface area contributed by atoms with Gasteiger partial charge in [-0.15, -0.1) is 0 Å². The maximum Gasteiger partial charge on any atom is 0.411 e. The molecule has 29 heavy (non-hydrogen) atoms. The van der Waals surface area contributed by atoms with Crippen molar-refractivity contribution in [1.29, 1.82) is 0 Å². The molecule has 7 nitrogen and oxygen atoms in total. The molecule has 0 fully saturated rings. The lowest BCUT2D eigenvalue weighted by molar-refractivity contribution is -0.136. The number of carbonyl (C=O) groups is 2. The summed E-state index contributed by atoms with van der Waals surface area (Å²) in [6, 6.07) is 16.3. The zero-order valence-electron chi connectivity index (χ0n) is 16.0. The number of aryl methyl sites for hydroxylation is 1. The van der Waals surface area contributed by atoms with Crippen molar-refractivity contribution in [3.63, 3.8) is 0 Å². The van der Waals surface area contributed by atoms with Gasteiger partial charge in [0.25, 0.3) is 0 Å². The quantitative estimate of drug-likeness (QED) is 0.667. The Bertz CT molecular complexity index is 1030. The van der Waals surface area contributed by atoms with Crippen molar-refractivity contribution in [2.75, 3.05) is 11.9 Å². The van der Waals surface area contributed by atoms with E-state index in [0.717, 1.165) is 11.1 Å². The maximum absolute atomic E-state index is 12.4. The molecule has 0 atom stereocenters. The number of aliphatic carboxylic acids is 1. The smallest absolute Gasteiger partial charge is 0.411 e. The first kappa shape index (κ1) is 18.7. The van der Waals surface area contributed by atoms with Crippen LogP contribution in [0.3, 0.4) is 0 Å². The van der Waals surface area contributed by atoms with Gasteiger partial charge in [-0.25, -0.2) is 4.79 Å². The van der Waals surface area contributed by atoms with E-state index in [2.05, 4.69) is 34.7 Å². The van der Waals surface area contributed by atoms with Gasteiger partial charge in [0, 0.05) is 19.4 Å². The number of hydrogen-bond acceptors (Lipinski definition) is 4. The van der Waals surface area contributed by atoms with Gasteiger partial charge in [0.1, 0.15) is 6.61 Å². The van der Waals surface area contributed by atoms with E-state index in [1.54, 1.807) is 11.7 Å². The Morgan fingerprint density at radius 3 is 2.34 bits per heavy atom. The first-order valence-corrected chi connectivity index (χ1v) is 9.39. The van der Waals surface area contributed by atoms with Crippen molar-refractivity contribution in [2.24, 2.45) is 7.05 Å². The predicted molar refractivity (Wildman–Crippen MR) is 108 cm³/mol. The molecule has 3 aromatic rings. The largest absolute Gasteiger partial charge is 0.481 e. The van der Waals surface area contributed by atoms with Crippen molar-refractivity contribution in [3.8, 4) is 11.1 Å². The van der Waals surface area contributed by atoms with Crippen molar-refractivity contribution in [3.05, 3.63) is 71.5 Å². The SMILES string of the molecule is Cn1ncc(NC(=O)OCC2c3ccccc3-c3ccccc32)c1CCC(=O)O. The Kier molecular flexibility index (Phi) is 5.03. The first-order valence-electron chi connectivity index (χ1n) is 9.39. The summed E-state index contributed by atoms with van der Waals surface area (Å²) in [5.41, 5.74) is 5.72. The summed E-state index contributed by atoms with van der Waals surface area (Å²) in [4.78, 5) is 23.3. The van der Waals surface area contributed by atoms with Gasteiger partial charge in [-0.3, -0.25) is 14.8 Å². The van der Waals surface area contributed by atoms with Gasteiger partial charge in [0.2, 0.25) is 0 Å². The van der Waals surface area contributed by atoms with E-state index >= 15 is 0 Å². The number of benzene rings is 2. The van der Waals surface area contributed by atoms with E-state index in [0.29, 0.717) is 11.4 Å². The Labute approximate surface area is 167 Å². The first-order chi connectivity index (χ1) is 14.0. The average Bonchev–Trinajstić information content (AvgIpc) is 3.22. The van der Waals surface area contributed by atoms with E-state index in [1.165, 1.54) is 17.3 Å². The zero-order valence-corrected chi connectivity index (χ0v) is 16.0. The Morgan fingerprint density at radius 1 is 1.10 bits per heavy atom. The molecule has 1 aliphatic carbocycles. The number of fused-ring (bicyclic) bond motifs is 3. The van der Waals surface area contributed by atoms with E-state index in [9.17, 15) is 9.59 Å². The van der Waals surface area contributed by atoms with Crippen LogP contribution >= 0.6 is 0 Å². The van der Waals surface area contributed by atoms with E-state index in [-0.39, 0.29) is 25.4 Å². The lowest BCUT2D eigenvalue weighted by Crippen LogP contribution is -2.18. The third kappa shape index (κ3) is 3.71. The van der Waals surface area contributed by atoms with Gasteiger partial charge < -0.3 is 9.84 Å². The summed E-state index contributed by atoms with van der Waals surface area (Å²) >= 11 is 0. The maximum atomic E-state index is 12.4. The normalized spacial score (nSPS) is 12.3. The van der Waals surface area contributed by atoms with Gasteiger partial charge in [-0.1, -0.05) is 48.5 Å². The number of rotatable bonds is 6. The minimum Gasteiger partial charge on any atom is -0.481 e. The summed E-state index contributed by atoms with van der Waals surface area (Å²) in [6.07, 6.45) is 1.14. The van der Waals surface area contributed by atoms with Crippen LogP contribution in [0, 0.1) is 0 Å². The molecule has 148 valence electrons. The molecule has 2 N–H and O–H groups in total. The molecule has 1 amide bonds. The number of hydrogen-bond donors (Lipinski definition) is 2. The van der Waals surface area contributed by atoms with Crippen molar-refractivity contribution in [1.82, 2.24) is 9.78 Å². The summed E-state index contributed by atoms with van der Waals surface area (Å²) in [7, 11) is 1.71. The molecule has 2 aromatic carbocycles. The Hall–Kier alpha value is -3.61. The summed E-state index contributed by atoms with van der Waals surface area (Å²) < 4.78 is 7.09. The number of ether oxygens (including phenoxy) is 1. The summed E-state index contributed by atoms with van der Waals surface area (Å²) in [5.74, 6) is -0.924. The molecule has 0 unspecified atom stereocenters. The second-order valence-electron chi connectivity index (χ2n) is 6.97. The molecule has 0 aliphatic heterocycles.